The van der Waals surface area contributed by atoms with Crippen molar-refractivity contribution in [3.63, 3.8) is 0 Å². The number of anilines is 1. The molecule has 0 spiro atoms. The number of urea groups is 1. The zero-order valence-electron chi connectivity index (χ0n) is 30.4. The van der Waals surface area contributed by atoms with Crippen LogP contribution in [0.2, 0.25) is 0 Å². The van der Waals surface area contributed by atoms with E-state index in [1.54, 1.807) is 24.3 Å². The van der Waals surface area contributed by atoms with Gasteiger partial charge < -0.3 is 31.5 Å². The molecule has 1 saturated carbocycles. The van der Waals surface area contributed by atoms with Crippen LogP contribution < -0.4 is 16.4 Å². The van der Waals surface area contributed by atoms with Crippen molar-refractivity contribution in [1.29, 1.82) is 0 Å². The highest BCUT2D eigenvalue weighted by Crippen LogP contribution is 2.32. The minimum Gasteiger partial charge on any atom is -0.508 e. The van der Waals surface area contributed by atoms with Crippen LogP contribution in [-0.4, -0.2) is 58.8 Å². The number of carboxylic acid groups (broad SMARTS) is 1. The van der Waals surface area contributed by atoms with Crippen molar-refractivity contribution in [3.05, 3.63) is 119 Å². The highest BCUT2D eigenvalue weighted by atomic mass is 19.4. The number of halogens is 6. The van der Waals surface area contributed by atoms with Crippen molar-refractivity contribution in [2.75, 3.05) is 25.0 Å². The van der Waals surface area contributed by atoms with Gasteiger partial charge in [0.1, 0.15) is 5.75 Å². The number of nitrogens with zero attached hydrogens (tertiary/aromatic N) is 1. The van der Waals surface area contributed by atoms with Crippen molar-refractivity contribution in [2.24, 2.45) is 17.6 Å². The number of carbonyl (C=O) groups is 3. The molecule has 15 heteroatoms. The number of aliphatic carboxylic acids is 1. The maximum absolute atomic E-state index is 13.5. The molecule has 4 aromatic carbocycles. The second kappa shape index (κ2) is 19.8. The lowest BCUT2D eigenvalue weighted by molar-refractivity contribution is -0.192. The Balaban J connectivity index is 0.000000908. The van der Waals surface area contributed by atoms with Gasteiger partial charge in [0.05, 0.1) is 5.56 Å². The number of hydrogen-bond donors (Lipinski definition) is 5. The summed E-state index contributed by atoms with van der Waals surface area (Å²) in [6.07, 6.45) is -3.67. The number of nitrogens with one attached hydrogen (secondary N) is 2. The molecule has 6 N–H and O–H groups in total. The van der Waals surface area contributed by atoms with Gasteiger partial charge in [-0.2, -0.15) is 26.3 Å². The predicted molar refractivity (Wildman–Crippen MR) is 200 cm³/mol. The molecule has 0 bridgehead atoms. The normalized spacial score (nSPS) is 15.6. The molecule has 300 valence electrons. The third-order valence-electron chi connectivity index (χ3n) is 9.45. The molecule has 3 amide bonds. The maximum Gasteiger partial charge on any atom is 0.490 e. The molecule has 0 aliphatic heterocycles. The number of amides is 3. The quantitative estimate of drug-likeness (QED) is 0.0908. The van der Waals surface area contributed by atoms with Gasteiger partial charge in [-0.25, -0.2) is 9.59 Å². The summed E-state index contributed by atoms with van der Waals surface area (Å²) in [5, 5.41) is 22.6. The van der Waals surface area contributed by atoms with Gasteiger partial charge in [-0.05, 0) is 109 Å². The van der Waals surface area contributed by atoms with Crippen LogP contribution in [0.25, 0.3) is 11.1 Å². The number of nitrogens with two attached hydrogens (primary N) is 1. The predicted octanol–water partition coefficient (Wildman–Crippen LogP) is 8.87. The van der Waals surface area contributed by atoms with E-state index in [-0.39, 0.29) is 30.4 Å². The highest BCUT2D eigenvalue weighted by Gasteiger charge is 2.38. The second-order valence-corrected chi connectivity index (χ2v) is 13.6. The Kier molecular flexibility index (Phi) is 15.3. The van der Waals surface area contributed by atoms with Crippen molar-refractivity contribution in [1.82, 2.24) is 10.2 Å². The van der Waals surface area contributed by atoms with Crippen LogP contribution in [0.1, 0.15) is 59.2 Å². The Morgan fingerprint density at radius 2 is 1.43 bits per heavy atom. The fourth-order valence-electron chi connectivity index (χ4n) is 6.44. The molecule has 0 atom stereocenters. The lowest BCUT2D eigenvalue weighted by Gasteiger charge is -2.28. The first kappa shape index (κ1) is 43.2. The maximum atomic E-state index is 13.5. The van der Waals surface area contributed by atoms with E-state index >= 15 is 0 Å². The Bertz CT molecular complexity index is 1910. The van der Waals surface area contributed by atoms with E-state index in [9.17, 15) is 41.0 Å². The number of hydrogen-bond acceptors (Lipinski definition) is 5. The van der Waals surface area contributed by atoms with Crippen LogP contribution in [0.3, 0.4) is 0 Å². The van der Waals surface area contributed by atoms with Crippen LogP contribution in [-0.2, 0) is 23.9 Å². The largest absolute Gasteiger partial charge is 0.508 e. The number of alkyl halides is 6. The van der Waals surface area contributed by atoms with Gasteiger partial charge in [0, 0.05) is 30.9 Å². The molecule has 4 aromatic rings. The number of rotatable bonds is 12. The first-order valence-electron chi connectivity index (χ1n) is 18.0. The molecule has 5 rings (SSSR count). The monoisotopic (exact) mass is 786 g/mol. The number of phenolic OH excluding ortho intramolecular Hbond substituents is 1. The van der Waals surface area contributed by atoms with Gasteiger partial charge in [0.15, 0.2) is 0 Å². The van der Waals surface area contributed by atoms with E-state index in [0.29, 0.717) is 30.4 Å². The Morgan fingerprint density at radius 1 is 0.786 bits per heavy atom. The van der Waals surface area contributed by atoms with Crippen molar-refractivity contribution in [3.8, 4) is 16.9 Å². The third-order valence-corrected chi connectivity index (χ3v) is 9.45. The van der Waals surface area contributed by atoms with Crippen molar-refractivity contribution < 1.29 is 50.9 Å². The first-order valence-corrected chi connectivity index (χ1v) is 18.0. The minimum absolute atomic E-state index is 0.0340. The standard InChI is InChI=1S/C39H43F3N4O3.C2HF3O2/c40-39(41,42)32-7-4-8-33(24-32)45-38(49)46(22-20-28-15-17-34(47)18-16-28)26-30-5-3-6-31(23-30)35-9-1-2-10-36(35)37(48)44-25-29-13-11-27(12-14-29)19-21-43;3-2(4,5)1(6)7/h1-10,15-18,23-24,27,29,47H,11-14,19-22,25-26,43H2,(H,44,48)(H,45,49);(H,6,7). The summed E-state index contributed by atoms with van der Waals surface area (Å²) in [7, 11) is 0. The lowest BCUT2D eigenvalue weighted by Crippen LogP contribution is -2.36. The molecule has 0 radical (unpaired) electrons. The van der Waals surface area contributed by atoms with Crippen molar-refractivity contribution >= 4 is 23.6 Å². The average molecular weight is 787 g/mol. The number of carbonyl (C=O) groups excluding carboxylic acids is 2. The highest BCUT2D eigenvalue weighted by molar-refractivity contribution is 6.01. The Labute approximate surface area is 320 Å². The van der Waals surface area contributed by atoms with Gasteiger partial charge in [-0.3, -0.25) is 4.79 Å². The molecule has 9 nitrogen and oxygen atoms in total. The molecular weight excluding hydrogens is 742 g/mol. The molecule has 56 heavy (non-hydrogen) atoms. The fraction of sp³-hybridized carbons (Fsp3) is 0.341. The molecule has 0 aromatic heterocycles. The minimum atomic E-state index is -5.08. The zero-order valence-corrected chi connectivity index (χ0v) is 30.4. The van der Waals surface area contributed by atoms with Gasteiger partial charge in [0.2, 0.25) is 0 Å². The van der Waals surface area contributed by atoms with Gasteiger partial charge in [0.25, 0.3) is 5.91 Å². The summed E-state index contributed by atoms with van der Waals surface area (Å²) in [6, 6.07) is 25.6. The average Bonchev–Trinajstić information content (AvgIpc) is 3.16. The number of benzene rings is 4. The van der Waals surface area contributed by atoms with Crippen molar-refractivity contribution in [2.45, 2.75) is 57.4 Å². The van der Waals surface area contributed by atoms with Gasteiger partial charge >= 0.3 is 24.4 Å². The molecule has 0 heterocycles. The van der Waals surface area contributed by atoms with Gasteiger partial charge in [-0.15, -0.1) is 0 Å². The van der Waals surface area contributed by atoms with E-state index in [0.717, 1.165) is 73.0 Å². The second-order valence-electron chi connectivity index (χ2n) is 13.6. The Hall–Kier alpha value is -5.57. The zero-order chi connectivity index (χ0) is 40.9. The lowest BCUT2D eigenvalue weighted by atomic mass is 9.80. The smallest absolute Gasteiger partial charge is 0.490 e. The first-order chi connectivity index (χ1) is 26.5. The molecule has 1 fully saturated rings. The van der Waals surface area contributed by atoms with Gasteiger partial charge in [-0.1, -0.05) is 67.4 Å². The molecule has 1 aliphatic carbocycles. The van der Waals surface area contributed by atoms with Crippen LogP contribution in [0.4, 0.5) is 36.8 Å². The fourth-order valence-corrected chi connectivity index (χ4v) is 6.44. The van der Waals surface area contributed by atoms with Crippen LogP contribution in [0.15, 0.2) is 97.1 Å². The Morgan fingerprint density at radius 3 is 2.07 bits per heavy atom. The van der Waals surface area contributed by atoms with Crippen LogP contribution in [0.5, 0.6) is 5.75 Å². The summed E-state index contributed by atoms with van der Waals surface area (Å²) >= 11 is 0. The van der Waals surface area contributed by atoms with E-state index < -0.39 is 29.9 Å². The third kappa shape index (κ3) is 13.3. The van der Waals surface area contributed by atoms with E-state index in [2.05, 4.69) is 10.6 Å². The SMILES string of the molecule is NCCC1CCC(CNC(=O)c2ccccc2-c2cccc(CN(CCc3ccc(O)cc3)C(=O)Nc3cccc(C(F)(F)F)c3)c2)CC1.O=C(O)C(F)(F)F. The summed E-state index contributed by atoms with van der Waals surface area (Å²) in [4.78, 5) is 37.4. The number of aromatic hydroxyl groups is 1. The number of phenols is 1. The van der Waals surface area contributed by atoms with E-state index in [4.69, 9.17) is 15.6 Å². The van der Waals surface area contributed by atoms with E-state index in [1.807, 2.05) is 48.5 Å². The summed E-state index contributed by atoms with van der Waals surface area (Å²) in [6.45, 7) is 1.76. The summed E-state index contributed by atoms with van der Waals surface area (Å²) < 4.78 is 71.8. The molecule has 0 saturated heterocycles. The topological polar surface area (TPSA) is 145 Å². The molecular formula is C41H44F6N4O5. The molecule has 0 unspecified atom stereocenters. The summed E-state index contributed by atoms with van der Waals surface area (Å²) in [5.74, 6) is -1.64. The molecule has 1 aliphatic rings. The number of carboxylic acids is 1. The summed E-state index contributed by atoms with van der Waals surface area (Å²) in [5.41, 5.74) is 8.71. The van der Waals surface area contributed by atoms with Crippen LogP contribution >= 0.6 is 0 Å². The van der Waals surface area contributed by atoms with Crippen LogP contribution in [0, 0.1) is 11.8 Å². The van der Waals surface area contributed by atoms with E-state index in [1.165, 1.54) is 17.0 Å².